The largest absolute Gasteiger partial charge is 0.351 e. The van der Waals surface area contributed by atoms with Crippen molar-refractivity contribution in [2.24, 2.45) is 5.92 Å². The van der Waals surface area contributed by atoms with Crippen LogP contribution in [0.15, 0.2) is 35.7 Å². The van der Waals surface area contributed by atoms with Crippen LogP contribution in [0.25, 0.3) is 0 Å². The maximum absolute atomic E-state index is 12.5. The minimum atomic E-state index is -3.75. The number of aryl methyl sites for hydroxylation is 2. The van der Waals surface area contributed by atoms with Crippen LogP contribution in [0.3, 0.4) is 0 Å². The Labute approximate surface area is 132 Å². The Morgan fingerprint density at radius 2 is 1.91 bits per heavy atom. The summed E-state index contributed by atoms with van der Waals surface area (Å²) in [5.41, 5.74) is 1.91. The summed E-state index contributed by atoms with van der Waals surface area (Å²) in [5.74, 6) is -0.534. The molecule has 0 radical (unpaired) electrons. The Kier molecular flexibility index (Phi) is 6.32. The molecule has 2 N–H and O–H groups in total. The molecule has 1 amide bonds. The number of nitrogens with one attached hydrogen (secondary N) is 2. The van der Waals surface area contributed by atoms with E-state index in [2.05, 4.69) is 16.6 Å². The van der Waals surface area contributed by atoms with E-state index in [0.717, 1.165) is 11.1 Å². The van der Waals surface area contributed by atoms with Gasteiger partial charge in [-0.2, -0.15) is 4.72 Å². The molecular weight excluding hydrogens is 300 g/mol. The number of benzene rings is 1. The summed E-state index contributed by atoms with van der Waals surface area (Å²) in [5, 5.41) is 2.62. The molecule has 0 aliphatic heterocycles. The molecule has 1 aromatic rings. The van der Waals surface area contributed by atoms with Crippen LogP contribution < -0.4 is 10.0 Å². The highest BCUT2D eigenvalue weighted by Gasteiger charge is 2.28. The van der Waals surface area contributed by atoms with Crippen molar-refractivity contribution in [1.82, 2.24) is 10.0 Å². The standard InChI is InChI=1S/C16H24N2O3S/c1-6-9-17-16(19)15(11(2)3)18-22(20,21)14-8-7-12(4)13(5)10-14/h6-8,10-11,15,18H,1,9H2,2-5H3,(H,17,19)/t15-/m1/s1. The van der Waals surface area contributed by atoms with Gasteiger partial charge in [-0.05, 0) is 43.0 Å². The van der Waals surface area contributed by atoms with Crippen LogP contribution in [-0.2, 0) is 14.8 Å². The van der Waals surface area contributed by atoms with Gasteiger partial charge in [0.15, 0.2) is 0 Å². The third kappa shape index (κ3) is 4.68. The number of hydrogen-bond donors (Lipinski definition) is 2. The van der Waals surface area contributed by atoms with Crippen molar-refractivity contribution in [3.63, 3.8) is 0 Å². The van der Waals surface area contributed by atoms with E-state index in [4.69, 9.17) is 0 Å². The zero-order valence-electron chi connectivity index (χ0n) is 13.5. The van der Waals surface area contributed by atoms with Crippen LogP contribution in [0.5, 0.6) is 0 Å². The zero-order chi connectivity index (χ0) is 16.9. The van der Waals surface area contributed by atoms with Crippen molar-refractivity contribution in [3.05, 3.63) is 42.0 Å². The molecule has 0 aromatic heterocycles. The van der Waals surface area contributed by atoms with Gasteiger partial charge in [0.05, 0.1) is 4.90 Å². The van der Waals surface area contributed by atoms with E-state index in [0.29, 0.717) is 6.54 Å². The number of carbonyl (C=O) groups is 1. The topological polar surface area (TPSA) is 75.3 Å². The molecule has 0 unspecified atom stereocenters. The van der Waals surface area contributed by atoms with Gasteiger partial charge >= 0.3 is 0 Å². The average Bonchev–Trinajstić information content (AvgIpc) is 2.44. The molecule has 0 saturated carbocycles. The second-order valence-corrected chi connectivity index (χ2v) is 7.34. The van der Waals surface area contributed by atoms with Crippen LogP contribution in [0, 0.1) is 19.8 Å². The lowest BCUT2D eigenvalue weighted by atomic mass is 10.1. The maximum Gasteiger partial charge on any atom is 0.241 e. The Morgan fingerprint density at radius 3 is 2.41 bits per heavy atom. The predicted octanol–water partition coefficient (Wildman–Crippen LogP) is 1.91. The fraction of sp³-hybridized carbons (Fsp3) is 0.438. The smallest absolute Gasteiger partial charge is 0.241 e. The van der Waals surface area contributed by atoms with Gasteiger partial charge < -0.3 is 5.32 Å². The summed E-state index contributed by atoms with van der Waals surface area (Å²) in [6.07, 6.45) is 1.55. The highest BCUT2D eigenvalue weighted by atomic mass is 32.2. The van der Waals surface area contributed by atoms with E-state index in [-0.39, 0.29) is 16.7 Å². The molecule has 0 saturated heterocycles. The van der Waals surface area contributed by atoms with Gasteiger partial charge in [0.25, 0.3) is 0 Å². The third-order valence-corrected chi connectivity index (χ3v) is 4.88. The van der Waals surface area contributed by atoms with Gasteiger partial charge in [0, 0.05) is 6.54 Å². The number of rotatable bonds is 7. The van der Waals surface area contributed by atoms with Gasteiger partial charge in [-0.1, -0.05) is 26.0 Å². The zero-order valence-corrected chi connectivity index (χ0v) is 14.3. The first-order valence-electron chi connectivity index (χ1n) is 7.17. The average molecular weight is 324 g/mol. The molecule has 0 bridgehead atoms. The fourth-order valence-electron chi connectivity index (χ4n) is 1.89. The first-order chi connectivity index (χ1) is 10.2. The summed E-state index contributed by atoms with van der Waals surface area (Å²) < 4.78 is 27.4. The van der Waals surface area contributed by atoms with E-state index in [1.54, 1.807) is 38.1 Å². The summed E-state index contributed by atoms with van der Waals surface area (Å²) in [7, 11) is -3.75. The van der Waals surface area contributed by atoms with Gasteiger partial charge in [-0.15, -0.1) is 6.58 Å². The van der Waals surface area contributed by atoms with Crippen LogP contribution >= 0.6 is 0 Å². The summed E-state index contributed by atoms with van der Waals surface area (Å²) in [6.45, 7) is 11.2. The number of carbonyl (C=O) groups excluding carboxylic acids is 1. The Hall–Kier alpha value is -1.66. The highest BCUT2D eigenvalue weighted by molar-refractivity contribution is 7.89. The lowest BCUT2D eigenvalue weighted by molar-refractivity contribution is -0.123. The Bertz CT molecular complexity index is 651. The minimum absolute atomic E-state index is 0.165. The molecule has 122 valence electrons. The van der Waals surface area contributed by atoms with Crippen LogP contribution in [-0.4, -0.2) is 26.9 Å². The van der Waals surface area contributed by atoms with Crippen molar-refractivity contribution in [2.45, 2.75) is 38.6 Å². The number of sulfonamides is 1. The fourth-order valence-corrected chi connectivity index (χ4v) is 3.32. The highest BCUT2D eigenvalue weighted by Crippen LogP contribution is 2.16. The molecule has 0 spiro atoms. The van der Waals surface area contributed by atoms with Crippen molar-refractivity contribution in [1.29, 1.82) is 0 Å². The van der Waals surface area contributed by atoms with Crippen molar-refractivity contribution in [3.8, 4) is 0 Å². The van der Waals surface area contributed by atoms with Crippen LogP contribution in [0.4, 0.5) is 0 Å². The molecule has 1 aromatic carbocycles. The molecule has 0 aliphatic carbocycles. The quantitative estimate of drug-likeness (QED) is 0.752. The molecule has 6 heteroatoms. The number of amides is 1. The second-order valence-electron chi connectivity index (χ2n) is 5.62. The molecule has 5 nitrogen and oxygen atoms in total. The summed E-state index contributed by atoms with van der Waals surface area (Å²) in [4.78, 5) is 12.3. The SMILES string of the molecule is C=CCNC(=O)[C@H](NS(=O)(=O)c1ccc(C)c(C)c1)C(C)C. The van der Waals surface area contributed by atoms with Gasteiger partial charge in [0.1, 0.15) is 6.04 Å². The van der Waals surface area contributed by atoms with Gasteiger partial charge in [-0.3, -0.25) is 4.79 Å². The van der Waals surface area contributed by atoms with E-state index in [9.17, 15) is 13.2 Å². The first kappa shape index (κ1) is 18.4. The molecule has 1 atom stereocenters. The van der Waals surface area contributed by atoms with Gasteiger partial charge in [0.2, 0.25) is 15.9 Å². The lowest BCUT2D eigenvalue weighted by Crippen LogP contribution is -2.49. The molecule has 0 aliphatic rings. The van der Waals surface area contributed by atoms with E-state index < -0.39 is 16.1 Å². The van der Waals surface area contributed by atoms with Crippen LogP contribution in [0.1, 0.15) is 25.0 Å². The van der Waals surface area contributed by atoms with Crippen molar-refractivity contribution >= 4 is 15.9 Å². The van der Waals surface area contributed by atoms with Crippen LogP contribution in [0.2, 0.25) is 0 Å². The van der Waals surface area contributed by atoms with E-state index >= 15 is 0 Å². The molecule has 1 rings (SSSR count). The minimum Gasteiger partial charge on any atom is -0.351 e. The molecule has 0 heterocycles. The second kappa shape index (κ2) is 7.56. The van der Waals surface area contributed by atoms with Crippen molar-refractivity contribution in [2.75, 3.05) is 6.54 Å². The van der Waals surface area contributed by atoms with Gasteiger partial charge in [-0.25, -0.2) is 8.42 Å². The number of hydrogen-bond acceptors (Lipinski definition) is 3. The van der Waals surface area contributed by atoms with E-state index in [1.807, 2.05) is 13.8 Å². The van der Waals surface area contributed by atoms with Crippen molar-refractivity contribution < 1.29 is 13.2 Å². The predicted molar refractivity (Wildman–Crippen MR) is 88.1 cm³/mol. The lowest BCUT2D eigenvalue weighted by Gasteiger charge is -2.21. The maximum atomic E-state index is 12.5. The van der Waals surface area contributed by atoms with E-state index in [1.165, 1.54) is 0 Å². The molecule has 22 heavy (non-hydrogen) atoms. The Morgan fingerprint density at radius 1 is 1.27 bits per heavy atom. The monoisotopic (exact) mass is 324 g/mol. The molecule has 0 fully saturated rings. The first-order valence-corrected chi connectivity index (χ1v) is 8.65. The summed E-state index contributed by atoms with van der Waals surface area (Å²) in [6, 6.07) is 4.08. The Balaban J connectivity index is 3.02. The third-order valence-electron chi connectivity index (χ3n) is 3.44. The summed E-state index contributed by atoms with van der Waals surface area (Å²) >= 11 is 0. The normalized spacial score (nSPS) is 13.0. The molecular formula is C16H24N2O3S.